The zero-order chi connectivity index (χ0) is 11.8. The van der Waals surface area contributed by atoms with E-state index in [1.807, 2.05) is 0 Å². The summed E-state index contributed by atoms with van der Waals surface area (Å²) in [4.78, 5) is 2.71. The Morgan fingerprint density at radius 1 is 1.25 bits per heavy atom. The highest BCUT2D eigenvalue weighted by Gasteiger charge is 2.20. The Hall–Kier alpha value is -0.0800. The highest BCUT2D eigenvalue weighted by atomic mass is 15.1. The fraction of sp³-hybridized carbons (Fsp3) is 1.00. The molecule has 0 aromatic carbocycles. The van der Waals surface area contributed by atoms with E-state index in [1.54, 1.807) is 0 Å². The van der Waals surface area contributed by atoms with Crippen molar-refractivity contribution in [1.82, 2.24) is 10.2 Å². The Balaban J connectivity index is 2.09. The van der Waals surface area contributed by atoms with Gasteiger partial charge in [0.1, 0.15) is 0 Å². The molecule has 1 fully saturated rings. The minimum atomic E-state index is 0.682. The lowest BCUT2D eigenvalue weighted by molar-refractivity contribution is 0.204. The van der Waals surface area contributed by atoms with Crippen LogP contribution in [0.2, 0.25) is 0 Å². The third-order valence-electron chi connectivity index (χ3n) is 4.07. The highest BCUT2D eigenvalue weighted by molar-refractivity contribution is 4.76. The molecule has 1 rings (SSSR count). The van der Waals surface area contributed by atoms with E-state index in [2.05, 4.69) is 31.1 Å². The SMILES string of the molecule is CCN(CCCCC(C)NC)C1CCCC1. The monoisotopic (exact) mass is 226 g/mol. The van der Waals surface area contributed by atoms with Gasteiger partial charge in [-0.2, -0.15) is 0 Å². The third kappa shape index (κ3) is 4.84. The van der Waals surface area contributed by atoms with Gasteiger partial charge >= 0.3 is 0 Å². The molecule has 0 aliphatic heterocycles. The summed E-state index contributed by atoms with van der Waals surface area (Å²) in [7, 11) is 2.06. The van der Waals surface area contributed by atoms with Crippen LogP contribution >= 0.6 is 0 Å². The molecular weight excluding hydrogens is 196 g/mol. The molecule has 0 radical (unpaired) electrons. The minimum Gasteiger partial charge on any atom is -0.317 e. The Morgan fingerprint density at radius 3 is 2.50 bits per heavy atom. The van der Waals surface area contributed by atoms with Gasteiger partial charge in [0.2, 0.25) is 0 Å². The lowest BCUT2D eigenvalue weighted by Crippen LogP contribution is -2.34. The Bertz CT molecular complexity index is 164. The largest absolute Gasteiger partial charge is 0.317 e. The molecule has 0 amide bonds. The van der Waals surface area contributed by atoms with Gasteiger partial charge in [0.25, 0.3) is 0 Å². The standard InChI is InChI=1S/C14H30N2/c1-4-16(14-10-5-6-11-14)12-8-7-9-13(2)15-3/h13-15H,4-12H2,1-3H3. The predicted octanol–water partition coefficient (Wildman–Crippen LogP) is 3.03. The molecular formula is C14H30N2. The normalized spacial score (nSPS) is 19.5. The maximum atomic E-state index is 3.31. The highest BCUT2D eigenvalue weighted by Crippen LogP contribution is 2.23. The van der Waals surface area contributed by atoms with E-state index >= 15 is 0 Å². The average molecular weight is 226 g/mol. The van der Waals surface area contributed by atoms with Crippen LogP contribution in [0.15, 0.2) is 0 Å². The summed E-state index contributed by atoms with van der Waals surface area (Å²) >= 11 is 0. The fourth-order valence-electron chi connectivity index (χ4n) is 2.78. The van der Waals surface area contributed by atoms with Crippen LogP contribution in [-0.4, -0.2) is 37.1 Å². The zero-order valence-corrected chi connectivity index (χ0v) is 11.5. The first-order valence-corrected chi connectivity index (χ1v) is 7.19. The lowest BCUT2D eigenvalue weighted by atomic mass is 10.1. The molecule has 1 aliphatic carbocycles. The fourth-order valence-corrected chi connectivity index (χ4v) is 2.78. The van der Waals surface area contributed by atoms with Crippen molar-refractivity contribution in [2.75, 3.05) is 20.1 Å². The second-order valence-corrected chi connectivity index (χ2v) is 5.25. The molecule has 1 N–H and O–H groups in total. The maximum Gasteiger partial charge on any atom is 0.00951 e. The van der Waals surface area contributed by atoms with Crippen molar-refractivity contribution < 1.29 is 0 Å². The number of rotatable bonds is 8. The quantitative estimate of drug-likeness (QED) is 0.640. The Labute approximate surface area is 102 Å². The van der Waals surface area contributed by atoms with Crippen LogP contribution in [0.4, 0.5) is 0 Å². The van der Waals surface area contributed by atoms with Crippen molar-refractivity contribution in [3.63, 3.8) is 0 Å². The smallest absolute Gasteiger partial charge is 0.00951 e. The number of hydrogen-bond acceptors (Lipinski definition) is 2. The Morgan fingerprint density at radius 2 is 1.94 bits per heavy atom. The summed E-state index contributed by atoms with van der Waals surface area (Å²) in [6, 6.07) is 1.59. The first-order chi connectivity index (χ1) is 7.77. The third-order valence-corrected chi connectivity index (χ3v) is 4.07. The van der Waals surface area contributed by atoms with Gasteiger partial charge in [-0.15, -0.1) is 0 Å². The number of unbranched alkanes of at least 4 members (excludes halogenated alkanes) is 1. The number of nitrogens with zero attached hydrogens (tertiary/aromatic N) is 1. The molecule has 0 heterocycles. The molecule has 0 spiro atoms. The molecule has 0 saturated heterocycles. The number of hydrogen-bond donors (Lipinski definition) is 1. The molecule has 1 aliphatic rings. The molecule has 1 saturated carbocycles. The minimum absolute atomic E-state index is 0.682. The topological polar surface area (TPSA) is 15.3 Å². The predicted molar refractivity (Wildman–Crippen MR) is 71.9 cm³/mol. The van der Waals surface area contributed by atoms with Crippen LogP contribution in [0, 0.1) is 0 Å². The molecule has 1 atom stereocenters. The average Bonchev–Trinajstić information content (AvgIpc) is 2.82. The van der Waals surface area contributed by atoms with Gasteiger partial charge in [-0.1, -0.05) is 26.2 Å². The van der Waals surface area contributed by atoms with Gasteiger partial charge in [0, 0.05) is 12.1 Å². The van der Waals surface area contributed by atoms with E-state index in [0.29, 0.717) is 6.04 Å². The van der Waals surface area contributed by atoms with Crippen LogP contribution in [0.3, 0.4) is 0 Å². The number of nitrogens with one attached hydrogen (secondary N) is 1. The van der Waals surface area contributed by atoms with E-state index in [-0.39, 0.29) is 0 Å². The van der Waals surface area contributed by atoms with Gasteiger partial charge in [-0.3, -0.25) is 0 Å². The van der Waals surface area contributed by atoms with E-state index in [9.17, 15) is 0 Å². The van der Waals surface area contributed by atoms with Crippen molar-refractivity contribution in [2.24, 2.45) is 0 Å². The van der Waals surface area contributed by atoms with Crippen LogP contribution in [0.1, 0.15) is 58.8 Å². The van der Waals surface area contributed by atoms with E-state index in [4.69, 9.17) is 0 Å². The lowest BCUT2D eigenvalue weighted by Gasteiger charge is -2.27. The van der Waals surface area contributed by atoms with Crippen molar-refractivity contribution in [1.29, 1.82) is 0 Å². The van der Waals surface area contributed by atoms with Gasteiger partial charge < -0.3 is 10.2 Å². The van der Waals surface area contributed by atoms with Gasteiger partial charge in [-0.05, 0) is 52.7 Å². The molecule has 0 bridgehead atoms. The molecule has 0 aromatic heterocycles. The summed E-state index contributed by atoms with van der Waals surface area (Å²) < 4.78 is 0. The molecule has 2 heteroatoms. The summed E-state index contributed by atoms with van der Waals surface area (Å²) in [5.41, 5.74) is 0. The first-order valence-electron chi connectivity index (χ1n) is 7.19. The van der Waals surface area contributed by atoms with E-state index in [1.165, 1.54) is 58.0 Å². The summed E-state index contributed by atoms with van der Waals surface area (Å²) in [5, 5.41) is 3.31. The van der Waals surface area contributed by atoms with Crippen molar-refractivity contribution in [2.45, 2.75) is 70.9 Å². The second-order valence-electron chi connectivity index (χ2n) is 5.25. The molecule has 96 valence electrons. The van der Waals surface area contributed by atoms with Crippen LogP contribution in [0.25, 0.3) is 0 Å². The van der Waals surface area contributed by atoms with Gasteiger partial charge in [0.15, 0.2) is 0 Å². The molecule has 2 nitrogen and oxygen atoms in total. The zero-order valence-electron chi connectivity index (χ0n) is 11.5. The summed E-state index contributed by atoms with van der Waals surface area (Å²) in [5.74, 6) is 0. The van der Waals surface area contributed by atoms with Gasteiger partial charge in [0.05, 0.1) is 0 Å². The van der Waals surface area contributed by atoms with E-state index < -0.39 is 0 Å². The van der Waals surface area contributed by atoms with Crippen LogP contribution in [0.5, 0.6) is 0 Å². The molecule has 1 unspecified atom stereocenters. The van der Waals surface area contributed by atoms with E-state index in [0.717, 1.165) is 6.04 Å². The summed E-state index contributed by atoms with van der Waals surface area (Å²) in [6.45, 7) is 7.15. The van der Waals surface area contributed by atoms with Crippen molar-refractivity contribution >= 4 is 0 Å². The first kappa shape index (κ1) is 14.0. The molecule has 0 aromatic rings. The Kier molecular flexibility index (Phi) is 7.06. The van der Waals surface area contributed by atoms with Crippen LogP contribution in [-0.2, 0) is 0 Å². The summed E-state index contributed by atoms with van der Waals surface area (Å²) in [6.07, 6.45) is 9.86. The maximum absolute atomic E-state index is 3.31. The van der Waals surface area contributed by atoms with Crippen molar-refractivity contribution in [3.05, 3.63) is 0 Å². The van der Waals surface area contributed by atoms with Crippen molar-refractivity contribution in [3.8, 4) is 0 Å². The second kappa shape index (κ2) is 8.08. The molecule has 16 heavy (non-hydrogen) atoms. The van der Waals surface area contributed by atoms with Gasteiger partial charge in [-0.25, -0.2) is 0 Å². The van der Waals surface area contributed by atoms with Crippen LogP contribution < -0.4 is 5.32 Å².